The van der Waals surface area contributed by atoms with Crippen LogP contribution in [-0.2, 0) is 4.79 Å². The lowest BCUT2D eigenvalue weighted by atomic mass is 9.99. The molecule has 1 aromatic heterocycles. The van der Waals surface area contributed by atoms with E-state index in [9.17, 15) is 4.79 Å². The van der Waals surface area contributed by atoms with Crippen LogP contribution in [0.25, 0.3) is 6.08 Å². The van der Waals surface area contributed by atoms with Gasteiger partial charge in [0.1, 0.15) is 5.76 Å². The van der Waals surface area contributed by atoms with Crippen molar-refractivity contribution < 1.29 is 9.21 Å². The topological polar surface area (TPSA) is 30.2 Å². The summed E-state index contributed by atoms with van der Waals surface area (Å²) >= 11 is 0. The Morgan fingerprint density at radius 3 is 2.63 bits per heavy atom. The van der Waals surface area contributed by atoms with Gasteiger partial charge in [0.05, 0.1) is 6.26 Å². The molecule has 0 saturated carbocycles. The van der Waals surface area contributed by atoms with E-state index >= 15 is 0 Å². The molecule has 0 aliphatic heterocycles. The second-order valence-electron chi connectivity index (χ2n) is 4.27. The fourth-order valence-corrected chi connectivity index (χ4v) is 1.84. The van der Waals surface area contributed by atoms with Crippen molar-refractivity contribution >= 4 is 11.9 Å². The minimum atomic E-state index is -0.0667. The highest BCUT2D eigenvalue weighted by Gasteiger charge is 2.13. The highest BCUT2D eigenvalue weighted by molar-refractivity contribution is 5.94. The van der Waals surface area contributed by atoms with Gasteiger partial charge in [0.15, 0.2) is 5.78 Å². The third-order valence-corrected chi connectivity index (χ3v) is 2.88. The molecule has 2 heteroatoms. The fourth-order valence-electron chi connectivity index (χ4n) is 1.84. The van der Waals surface area contributed by atoms with Crippen molar-refractivity contribution in [2.24, 2.45) is 0 Å². The van der Waals surface area contributed by atoms with Crippen molar-refractivity contribution in [2.75, 3.05) is 0 Å². The highest BCUT2D eigenvalue weighted by Crippen LogP contribution is 2.21. The van der Waals surface area contributed by atoms with Crippen molar-refractivity contribution in [1.29, 1.82) is 0 Å². The molecule has 0 unspecified atom stereocenters. The van der Waals surface area contributed by atoms with Crippen LogP contribution in [-0.4, -0.2) is 5.78 Å². The Morgan fingerprint density at radius 2 is 2.00 bits per heavy atom. The maximum absolute atomic E-state index is 11.9. The normalized spacial score (nSPS) is 12.4. The summed E-state index contributed by atoms with van der Waals surface area (Å²) in [6.45, 7) is 3.75. The first kappa shape index (κ1) is 13.1. The first-order valence-corrected chi connectivity index (χ1v) is 6.21. The predicted molar refractivity (Wildman–Crippen MR) is 76.7 cm³/mol. The van der Waals surface area contributed by atoms with Gasteiger partial charge in [0.25, 0.3) is 0 Å². The van der Waals surface area contributed by atoms with Crippen LogP contribution in [0.4, 0.5) is 0 Å². The van der Waals surface area contributed by atoms with Crippen LogP contribution in [0.1, 0.15) is 23.7 Å². The Hall–Kier alpha value is -2.35. The number of hydrogen-bond donors (Lipinski definition) is 0. The van der Waals surface area contributed by atoms with Crippen molar-refractivity contribution in [3.8, 4) is 0 Å². The van der Waals surface area contributed by atoms with Gasteiger partial charge < -0.3 is 4.42 Å². The molecule has 0 saturated heterocycles. The molecular formula is C17H16O2. The lowest BCUT2D eigenvalue weighted by Crippen LogP contribution is -2.01. The summed E-state index contributed by atoms with van der Waals surface area (Å²) in [4.78, 5) is 11.9. The van der Waals surface area contributed by atoms with Gasteiger partial charge in [0, 0.05) is 12.3 Å². The molecule has 1 heterocycles. The summed E-state index contributed by atoms with van der Waals surface area (Å²) in [7, 11) is 0. The van der Waals surface area contributed by atoms with E-state index in [2.05, 4.69) is 6.58 Å². The lowest BCUT2D eigenvalue weighted by molar-refractivity contribution is -0.114. The Morgan fingerprint density at radius 1 is 1.21 bits per heavy atom. The van der Waals surface area contributed by atoms with Crippen molar-refractivity contribution in [3.63, 3.8) is 0 Å². The second-order valence-corrected chi connectivity index (χ2v) is 4.27. The number of benzene rings is 1. The van der Waals surface area contributed by atoms with Crippen LogP contribution in [0.5, 0.6) is 0 Å². The standard InChI is InChI=1S/C17H16O2/c1-2-15(17-9-6-12-19-17)13-16(18)11-10-14-7-4-3-5-8-14/h2-12,15H,1,13H2/b11-10+/t15-/m1/s1. The summed E-state index contributed by atoms with van der Waals surface area (Å²) in [5.74, 6) is 0.768. The molecule has 0 N–H and O–H groups in total. The average molecular weight is 252 g/mol. The van der Waals surface area contributed by atoms with Gasteiger partial charge in [-0.3, -0.25) is 4.79 Å². The largest absolute Gasteiger partial charge is 0.469 e. The molecule has 0 amide bonds. The van der Waals surface area contributed by atoms with E-state index in [1.807, 2.05) is 48.5 Å². The Labute approximate surface area is 113 Å². The molecule has 1 atom stereocenters. The van der Waals surface area contributed by atoms with E-state index in [0.717, 1.165) is 11.3 Å². The molecule has 0 aliphatic carbocycles. The van der Waals surface area contributed by atoms with E-state index in [4.69, 9.17) is 4.42 Å². The summed E-state index contributed by atoms with van der Waals surface area (Å²) in [5, 5.41) is 0. The van der Waals surface area contributed by atoms with Crippen LogP contribution < -0.4 is 0 Å². The molecule has 1 aromatic carbocycles. The highest BCUT2D eigenvalue weighted by atomic mass is 16.3. The lowest BCUT2D eigenvalue weighted by Gasteiger charge is -2.06. The van der Waals surface area contributed by atoms with Crippen molar-refractivity contribution in [2.45, 2.75) is 12.3 Å². The van der Waals surface area contributed by atoms with Gasteiger partial charge in [-0.25, -0.2) is 0 Å². The number of hydrogen-bond acceptors (Lipinski definition) is 2. The van der Waals surface area contributed by atoms with Crippen molar-refractivity contribution in [3.05, 3.63) is 78.8 Å². The minimum Gasteiger partial charge on any atom is -0.469 e. The zero-order chi connectivity index (χ0) is 13.5. The Balaban J connectivity index is 1.97. The van der Waals surface area contributed by atoms with Crippen LogP contribution in [0.15, 0.2) is 71.9 Å². The molecule has 96 valence electrons. The average Bonchev–Trinajstić information content (AvgIpc) is 2.97. The third-order valence-electron chi connectivity index (χ3n) is 2.88. The summed E-state index contributed by atoms with van der Waals surface area (Å²) < 4.78 is 5.30. The first-order valence-electron chi connectivity index (χ1n) is 6.21. The van der Waals surface area contributed by atoms with E-state index < -0.39 is 0 Å². The van der Waals surface area contributed by atoms with Gasteiger partial charge in [0.2, 0.25) is 0 Å². The first-order chi connectivity index (χ1) is 9.29. The second kappa shape index (κ2) is 6.55. The quantitative estimate of drug-likeness (QED) is 0.569. The molecule has 0 bridgehead atoms. The Bertz CT molecular complexity index is 550. The van der Waals surface area contributed by atoms with Gasteiger partial charge >= 0.3 is 0 Å². The van der Waals surface area contributed by atoms with E-state index in [-0.39, 0.29) is 11.7 Å². The molecule has 2 aromatic rings. The van der Waals surface area contributed by atoms with Gasteiger partial charge in [-0.05, 0) is 23.8 Å². The Kier molecular flexibility index (Phi) is 4.51. The molecule has 2 rings (SSSR count). The molecule has 0 radical (unpaired) electrons. The van der Waals surface area contributed by atoms with Crippen LogP contribution >= 0.6 is 0 Å². The summed E-state index contributed by atoms with van der Waals surface area (Å²) in [6, 6.07) is 13.4. The number of ketones is 1. The fraction of sp³-hybridized carbons (Fsp3) is 0.118. The molecule has 0 aliphatic rings. The molecule has 2 nitrogen and oxygen atoms in total. The summed E-state index contributed by atoms with van der Waals surface area (Å²) in [6.07, 6.45) is 7.16. The number of furan rings is 1. The van der Waals surface area contributed by atoms with Gasteiger partial charge in [-0.2, -0.15) is 0 Å². The number of rotatable bonds is 6. The predicted octanol–water partition coefficient (Wildman–Crippen LogP) is 4.22. The van der Waals surface area contributed by atoms with E-state index in [1.165, 1.54) is 0 Å². The monoisotopic (exact) mass is 252 g/mol. The molecular weight excluding hydrogens is 236 g/mol. The van der Waals surface area contributed by atoms with Gasteiger partial charge in [-0.1, -0.05) is 42.5 Å². The van der Waals surface area contributed by atoms with E-state index in [0.29, 0.717) is 6.42 Å². The molecule has 19 heavy (non-hydrogen) atoms. The van der Waals surface area contributed by atoms with Crippen LogP contribution in [0.2, 0.25) is 0 Å². The van der Waals surface area contributed by atoms with Crippen molar-refractivity contribution in [1.82, 2.24) is 0 Å². The molecule has 0 fully saturated rings. The minimum absolute atomic E-state index is 0.0603. The zero-order valence-corrected chi connectivity index (χ0v) is 10.7. The zero-order valence-electron chi connectivity index (χ0n) is 10.7. The number of carbonyl (C=O) groups excluding carboxylic acids is 1. The third kappa shape index (κ3) is 3.81. The summed E-state index contributed by atoms with van der Waals surface area (Å²) in [5.41, 5.74) is 1.02. The SMILES string of the molecule is C=C[C@H](CC(=O)/C=C/c1ccccc1)c1ccco1. The van der Waals surface area contributed by atoms with Crippen LogP contribution in [0.3, 0.4) is 0 Å². The smallest absolute Gasteiger partial charge is 0.156 e. The molecule has 0 spiro atoms. The van der Waals surface area contributed by atoms with E-state index in [1.54, 1.807) is 18.4 Å². The maximum Gasteiger partial charge on any atom is 0.156 e. The van der Waals surface area contributed by atoms with Gasteiger partial charge in [-0.15, -0.1) is 6.58 Å². The number of carbonyl (C=O) groups is 1. The van der Waals surface area contributed by atoms with Crippen LogP contribution in [0, 0.1) is 0 Å². The maximum atomic E-state index is 11.9. The number of allylic oxidation sites excluding steroid dienone is 2.